The summed E-state index contributed by atoms with van der Waals surface area (Å²) in [4.78, 5) is 28.0. The van der Waals surface area contributed by atoms with E-state index in [1.165, 1.54) is 0 Å². The summed E-state index contributed by atoms with van der Waals surface area (Å²) >= 11 is 0. The second-order valence-corrected chi connectivity index (χ2v) is 6.87. The van der Waals surface area contributed by atoms with Crippen LogP contribution in [0.25, 0.3) is 0 Å². The maximum Gasteiger partial charge on any atom is 0.276 e. The van der Waals surface area contributed by atoms with Gasteiger partial charge in [-0.3, -0.25) is 4.79 Å². The molecule has 2 aliphatic rings. The first-order valence-corrected chi connectivity index (χ1v) is 9.26. The van der Waals surface area contributed by atoms with E-state index >= 15 is 0 Å². The highest BCUT2D eigenvalue weighted by Gasteiger charge is 2.25. The number of rotatable bonds is 3. The summed E-state index contributed by atoms with van der Waals surface area (Å²) in [5.74, 6) is 2.22. The smallest absolute Gasteiger partial charge is 0.276 e. The summed E-state index contributed by atoms with van der Waals surface area (Å²) in [7, 11) is 0. The van der Waals surface area contributed by atoms with Crippen LogP contribution < -0.4 is 9.80 Å². The Bertz CT molecular complexity index is 809. The molecule has 9 heteroatoms. The number of ether oxygens (including phenoxy) is 1. The predicted molar refractivity (Wildman–Crippen MR) is 99.2 cm³/mol. The van der Waals surface area contributed by atoms with E-state index in [-0.39, 0.29) is 5.91 Å². The lowest BCUT2D eigenvalue weighted by Crippen LogP contribution is -2.49. The molecule has 2 aromatic heterocycles. The number of hydrogen-bond acceptors (Lipinski definition) is 8. The Kier molecular flexibility index (Phi) is 4.93. The number of aryl methyl sites for hydroxylation is 2. The van der Waals surface area contributed by atoms with Crippen LogP contribution in [0.3, 0.4) is 0 Å². The summed E-state index contributed by atoms with van der Waals surface area (Å²) in [5.41, 5.74) is 1.31. The molecule has 2 saturated heterocycles. The molecule has 2 aromatic rings. The number of hydrogen-bond donors (Lipinski definition) is 0. The van der Waals surface area contributed by atoms with Crippen molar-refractivity contribution in [2.45, 2.75) is 13.8 Å². The van der Waals surface area contributed by atoms with E-state index in [0.717, 1.165) is 43.6 Å². The van der Waals surface area contributed by atoms with Crippen molar-refractivity contribution in [3.63, 3.8) is 0 Å². The highest BCUT2D eigenvalue weighted by atomic mass is 16.5. The zero-order chi connectivity index (χ0) is 18.8. The Morgan fingerprint density at radius 1 is 0.963 bits per heavy atom. The van der Waals surface area contributed by atoms with E-state index in [2.05, 4.69) is 19.9 Å². The predicted octanol–water partition coefficient (Wildman–Crippen LogP) is 0.880. The molecule has 0 unspecified atom stereocenters. The number of morpholine rings is 1. The molecule has 1 amide bonds. The number of carbonyl (C=O) groups is 1. The van der Waals surface area contributed by atoms with Crippen LogP contribution in [0.15, 0.2) is 16.7 Å². The van der Waals surface area contributed by atoms with Gasteiger partial charge in [0, 0.05) is 57.1 Å². The lowest BCUT2D eigenvalue weighted by atomic mass is 10.2. The largest absolute Gasteiger partial charge is 0.378 e. The third-order valence-electron chi connectivity index (χ3n) is 4.86. The molecule has 4 rings (SSSR count). The van der Waals surface area contributed by atoms with Gasteiger partial charge in [-0.15, -0.1) is 0 Å². The van der Waals surface area contributed by atoms with Gasteiger partial charge < -0.3 is 24.0 Å². The molecule has 0 saturated carbocycles. The Labute approximate surface area is 157 Å². The first-order valence-electron chi connectivity index (χ1n) is 9.26. The van der Waals surface area contributed by atoms with Crippen LogP contribution in [0, 0.1) is 13.8 Å². The highest BCUT2D eigenvalue weighted by Crippen LogP contribution is 2.20. The zero-order valence-corrected chi connectivity index (χ0v) is 15.7. The highest BCUT2D eigenvalue weighted by molar-refractivity contribution is 5.92. The fourth-order valence-electron chi connectivity index (χ4n) is 3.37. The van der Waals surface area contributed by atoms with Gasteiger partial charge in [0.05, 0.1) is 13.2 Å². The first-order chi connectivity index (χ1) is 13.1. The second kappa shape index (κ2) is 7.51. The minimum absolute atomic E-state index is 0.0839. The van der Waals surface area contributed by atoms with Gasteiger partial charge in [-0.25, -0.2) is 4.98 Å². The molecule has 0 spiro atoms. The van der Waals surface area contributed by atoms with Crippen molar-refractivity contribution >= 4 is 17.7 Å². The van der Waals surface area contributed by atoms with Crippen molar-refractivity contribution in [2.75, 3.05) is 62.3 Å². The number of nitrogens with zero attached hydrogens (tertiary/aromatic N) is 6. The Morgan fingerprint density at radius 2 is 1.70 bits per heavy atom. The number of piperazine rings is 1. The Morgan fingerprint density at radius 3 is 2.37 bits per heavy atom. The van der Waals surface area contributed by atoms with Crippen molar-refractivity contribution in [1.82, 2.24) is 20.0 Å². The van der Waals surface area contributed by atoms with Gasteiger partial charge in [-0.05, 0) is 13.8 Å². The fraction of sp³-hybridized carbons (Fsp3) is 0.556. The summed E-state index contributed by atoms with van der Waals surface area (Å²) in [6.07, 6.45) is 0. The van der Waals surface area contributed by atoms with Crippen LogP contribution in [-0.4, -0.2) is 78.4 Å². The summed E-state index contributed by atoms with van der Waals surface area (Å²) < 4.78 is 10.4. The average Bonchev–Trinajstić information content (AvgIpc) is 3.14. The van der Waals surface area contributed by atoms with Gasteiger partial charge in [-0.1, -0.05) is 5.16 Å². The van der Waals surface area contributed by atoms with Gasteiger partial charge in [0.25, 0.3) is 5.91 Å². The maximum atomic E-state index is 12.5. The molecule has 0 N–H and O–H groups in total. The summed E-state index contributed by atoms with van der Waals surface area (Å²) in [5, 5.41) is 3.83. The second-order valence-electron chi connectivity index (χ2n) is 6.87. The minimum atomic E-state index is -0.0839. The van der Waals surface area contributed by atoms with Crippen molar-refractivity contribution in [3.05, 3.63) is 29.3 Å². The Hall–Kier alpha value is -2.68. The summed E-state index contributed by atoms with van der Waals surface area (Å²) in [6, 6.07) is 3.68. The van der Waals surface area contributed by atoms with Gasteiger partial charge in [0.2, 0.25) is 5.95 Å². The zero-order valence-electron chi connectivity index (χ0n) is 15.7. The molecule has 0 aromatic carbocycles. The van der Waals surface area contributed by atoms with Crippen molar-refractivity contribution in [1.29, 1.82) is 0 Å². The molecule has 0 bridgehead atoms. The van der Waals surface area contributed by atoms with Crippen molar-refractivity contribution < 1.29 is 14.1 Å². The van der Waals surface area contributed by atoms with Crippen molar-refractivity contribution in [2.24, 2.45) is 0 Å². The van der Waals surface area contributed by atoms with E-state index in [1.807, 2.05) is 17.9 Å². The first kappa shape index (κ1) is 17.7. The van der Waals surface area contributed by atoms with Gasteiger partial charge in [-0.2, -0.15) is 4.98 Å². The fourth-order valence-corrected chi connectivity index (χ4v) is 3.37. The van der Waals surface area contributed by atoms with Gasteiger partial charge in [0.1, 0.15) is 11.6 Å². The molecule has 4 heterocycles. The molecular formula is C18H24N6O3. The van der Waals surface area contributed by atoms with Crippen LogP contribution in [0.1, 0.15) is 21.9 Å². The molecule has 0 radical (unpaired) electrons. The lowest BCUT2D eigenvalue weighted by Gasteiger charge is -2.35. The van der Waals surface area contributed by atoms with E-state index < -0.39 is 0 Å². The van der Waals surface area contributed by atoms with E-state index in [4.69, 9.17) is 14.2 Å². The van der Waals surface area contributed by atoms with Gasteiger partial charge >= 0.3 is 0 Å². The quantitative estimate of drug-likeness (QED) is 0.785. The number of anilines is 2. The molecular weight excluding hydrogens is 348 g/mol. The lowest BCUT2D eigenvalue weighted by molar-refractivity contribution is 0.0736. The number of amides is 1. The van der Waals surface area contributed by atoms with E-state index in [0.29, 0.717) is 37.8 Å². The van der Waals surface area contributed by atoms with E-state index in [1.54, 1.807) is 13.0 Å². The van der Waals surface area contributed by atoms with Crippen LogP contribution in [0.2, 0.25) is 0 Å². The third-order valence-corrected chi connectivity index (χ3v) is 4.86. The molecule has 2 fully saturated rings. The van der Waals surface area contributed by atoms with E-state index in [9.17, 15) is 4.79 Å². The van der Waals surface area contributed by atoms with Crippen LogP contribution in [0.5, 0.6) is 0 Å². The average molecular weight is 372 g/mol. The minimum Gasteiger partial charge on any atom is -0.378 e. The topological polar surface area (TPSA) is 87.8 Å². The van der Waals surface area contributed by atoms with Gasteiger partial charge in [0.15, 0.2) is 5.69 Å². The number of aromatic nitrogens is 3. The van der Waals surface area contributed by atoms with Crippen LogP contribution >= 0.6 is 0 Å². The SMILES string of the molecule is Cc1cc(N2CCN(C(=O)c3cc(C)on3)CC2)nc(N2CCOCC2)n1. The number of carbonyl (C=O) groups excluding carboxylic acids is 1. The van der Waals surface area contributed by atoms with Crippen molar-refractivity contribution in [3.8, 4) is 0 Å². The Balaban J connectivity index is 1.43. The standard InChI is InChI=1S/C18H24N6O3/c1-13-11-16(20-18(19-13)24-7-9-26-10-8-24)22-3-5-23(6-4-22)17(25)15-12-14(2)27-21-15/h11-12H,3-10H2,1-2H3. The molecule has 0 atom stereocenters. The molecule has 27 heavy (non-hydrogen) atoms. The summed E-state index contributed by atoms with van der Waals surface area (Å²) in [6.45, 7) is 9.49. The maximum absolute atomic E-state index is 12.5. The molecule has 9 nitrogen and oxygen atoms in total. The van der Waals surface area contributed by atoms with Crippen LogP contribution in [-0.2, 0) is 4.74 Å². The van der Waals surface area contributed by atoms with Crippen LogP contribution in [0.4, 0.5) is 11.8 Å². The third kappa shape index (κ3) is 3.87. The molecule has 0 aliphatic carbocycles. The molecule has 144 valence electrons. The monoisotopic (exact) mass is 372 g/mol. The normalized spacial score (nSPS) is 18.1. The molecule has 2 aliphatic heterocycles.